The van der Waals surface area contributed by atoms with Gasteiger partial charge in [0.15, 0.2) is 0 Å². The van der Waals surface area contributed by atoms with Crippen molar-refractivity contribution in [2.45, 2.75) is 0 Å². The van der Waals surface area contributed by atoms with Crippen molar-refractivity contribution in [1.82, 2.24) is 0 Å². The van der Waals surface area contributed by atoms with Gasteiger partial charge < -0.3 is 0 Å². The lowest BCUT2D eigenvalue weighted by atomic mass is 10.0. The van der Waals surface area contributed by atoms with E-state index in [1.165, 1.54) is 0 Å². The standard InChI is InChI=1S/C13H8Cl2S/c14-11-8-4-7-10(12(11)15)13(16)9-5-2-1-3-6-9/h1-8H. The van der Waals surface area contributed by atoms with Crippen LogP contribution in [0.15, 0.2) is 48.5 Å². The molecule has 0 aliphatic carbocycles. The van der Waals surface area contributed by atoms with Gasteiger partial charge in [0.25, 0.3) is 0 Å². The molecule has 0 atom stereocenters. The highest BCUT2D eigenvalue weighted by Gasteiger charge is 2.10. The van der Waals surface area contributed by atoms with Gasteiger partial charge in [-0.05, 0) is 11.6 Å². The molecule has 0 N–H and O–H groups in total. The Morgan fingerprint density at radius 3 is 2.25 bits per heavy atom. The second-order valence-corrected chi connectivity index (χ2v) is 4.49. The molecule has 0 bridgehead atoms. The van der Waals surface area contributed by atoms with E-state index in [4.69, 9.17) is 35.4 Å². The lowest BCUT2D eigenvalue weighted by Crippen LogP contribution is -2.00. The first kappa shape index (κ1) is 11.6. The largest absolute Gasteiger partial charge is 0.0827 e. The third kappa shape index (κ3) is 2.27. The van der Waals surface area contributed by atoms with Crippen LogP contribution in [-0.4, -0.2) is 4.86 Å². The molecule has 0 amide bonds. The first-order valence-electron chi connectivity index (χ1n) is 4.74. The fraction of sp³-hybridized carbons (Fsp3) is 0. The summed E-state index contributed by atoms with van der Waals surface area (Å²) in [6, 6.07) is 15.2. The molecule has 16 heavy (non-hydrogen) atoms. The lowest BCUT2D eigenvalue weighted by Gasteiger charge is -2.07. The zero-order valence-electron chi connectivity index (χ0n) is 8.28. The number of hydrogen-bond acceptors (Lipinski definition) is 1. The topological polar surface area (TPSA) is 0 Å². The smallest absolute Gasteiger partial charge is 0.0679 e. The number of hydrogen-bond donors (Lipinski definition) is 0. The first-order valence-corrected chi connectivity index (χ1v) is 5.90. The van der Waals surface area contributed by atoms with Gasteiger partial charge in [-0.1, -0.05) is 77.9 Å². The molecule has 0 spiro atoms. The summed E-state index contributed by atoms with van der Waals surface area (Å²) < 4.78 is 0. The maximum absolute atomic E-state index is 6.12. The van der Waals surface area contributed by atoms with Gasteiger partial charge >= 0.3 is 0 Å². The third-order valence-electron chi connectivity index (χ3n) is 2.23. The van der Waals surface area contributed by atoms with Crippen molar-refractivity contribution in [3.8, 4) is 0 Å². The molecule has 2 aromatic carbocycles. The summed E-state index contributed by atoms with van der Waals surface area (Å²) in [5.41, 5.74) is 1.78. The van der Waals surface area contributed by atoms with Crippen LogP contribution in [-0.2, 0) is 0 Å². The summed E-state index contributed by atoms with van der Waals surface area (Å²) in [5.74, 6) is 0. The molecular weight excluding hydrogens is 259 g/mol. The molecule has 0 saturated heterocycles. The monoisotopic (exact) mass is 266 g/mol. The Labute approximate surface area is 110 Å². The minimum absolute atomic E-state index is 0.512. The van der Waals surface area contributed by atoms with E-state index in [2.05, 4.69) is 0 Å². The van der Waals surface area contributed by atoms with Crippen LogP contribution < -0.4 is 0 Å². The molecule has 0 nitrogen and oxygen atoms in total. The van der Waals surface area contributed by atoms with E-state index in [9.17, 15) is 0 Å². The molecule has 2 rings (SSSR count). The van der Waals surface area contributed by atoms with Crippen molar-refractivity contribution in [3.05, 3.63) is 69.7 Å². The summed E-state index contributed by atoms with van der Waals surface area (Å²) in [5, 5.41) is 1.04. The quantitative estimate of drug-likeness (QED) is 0.558. The summed E-state index contributed by atoms with van der Waals surface area (Å²) >= 11 is 17.5. The minimum Gasteiger partial charge on any atom is -0.0827 e. The Morgan fingerprint density at radius 1 is 0.875 bits per heavy atom. The molecular formula is C13H8Cl2S. The predicted molar refractivity (Wildman–Crippen MR) is 73.7 cm³/mol. The summed E-state index contributed by atoms with van der Waals surface area (Å²) in [6.45, 7) is 0. The fourth-order valence-electron chi connectivity index (χ4n) is 1.42. The van der Waals surface area contributed by atoms with Gasteiger partial charge in [0.2, 0.25) is 0 Å². The van der Waals surface area contributed by atoms with Gasteiger partial charge in [-0.25, -0.2) is 0 Å². The third-order valence-corrected chi connectivity index (χ3v) is 3.51. The highest BCUT2D eigenvalue weighted by molar-refractivity contribution is 7.81. The van der Waals surface area contributed by atoms with Crippen LogP contribution in [0, 0.1) is 0 Å². The van der Waals surface area contributed by atoms with Crippen molar-refractivity contribution < 1.29 is 0 Å². The number of rotatable bonds is 2. The normalized spacial score (nSPS) is 10.1. The van der Waals surface area contributed by atoms with Crippen molar-refractivity contribution in [2.24, 2.45) is 0 Å². The van der Waals surface area contributed by atoms with E-state index in [-0.39, 0.29) is 0 Å². The second-order valence-electron chi connectivity index (χ2n) is 3.30. The van der Waals surface area contributed by atoms with E-state index in [1.807, 2.05) is 42.5 Å². The molecule has 0 aliphatic rings. The van der Waals surface area contributed by atoms with Crippen LogP contribution in [0.4, 0.5) is 0 Å². The fourth-order valence-corrected chi connectivity index (χ4v) is 2.18. The zero-order valence-corrected chi connectivity index (χ0v) is 10.6. The van der Waals surface area contributed by atoms with Crippen LogP contribution in [0.5, 0.6) is 0 Å². The lowest BCUT2D eigenvalue weighted by molar-refractivity contribution is 1.62. The van der Waals surface area contributed by atoms with E-state index < -0.39 is 0 Å². The molecule has 3 heteroatoms. The molecule has 0 aromatic heterocycles. The predicted octanol–water partition coefficient (Wildman–Crippen LogP) is 4.76. The van der Waals surface area contributed by atoms with Gasteiger partial charge in [0.05, 0.1) is 14.9 Å². The van der Waals surface area contributed by atoms with Crippen LogP contribution in [0.3, 0.4) is 0 Å². The summed E-state index contributed by atoms with van der Waals surface area (Å²) in [7, 11) is 0. The van der Waals surface area contributed by atoms with Crippen molar-refractivity contribution in [2.75, 3.05) is 0 Å². The van der Waals surface area contributed by atoms with E-state index in [0.29, 0.717) is 14.9 Å². The Kier molecular flexibility index (Phi) is 3.59. The van der Waals surface area contributed by atoms with E-state index in [0.717, 1.165) is 11.1 Å². The van der Waals surface area contributed by atoms with Gasteiger partial charge in [-0.2, -0.15) is 0 Å². The molecule has 80 valence electrons. The number of thiocarbonyl (C=S) groups is 1. The SMILES string of the molecule is S=C(c1ccccc1)c1cccc(Cl)c1Cl. The highest BCUT2D eigenvalue weighted by Crippen LogP contribution is 2.27. The summed E-state index contributed by atoms with van der Waals surface area (Å²) in [6.07, 6.45) is 0. The zero-order chi connectivity index (χ0) is 11.5. The van der Waals surface area contributed by atoms with E-state index >= 15 is 0 Å². The molecule has 0 unspecified atom stereocenters. The van der Waals surface area contributed by atoms with Gasteiger partial charge in [-0.15, -0.1) is 0 Å². The van der Waals surface area contributed by atoms with Gasteiger partial charge in [0, 0.05) is 5.56 Å². The van der Waals surface area contributed by atoms with E-state index in [1.54, 1.807) is 6.07 Å². The number of benzene rings is 2. The maximum atomic E-state index is 6.12. The first-order chi connectivity index (χ1) is 7.70. The minimum atomic E-state index is 0.512. The molecule has 0 saturated carbocycles. The average molecular weight is 267 g/mol. The average Bonchev–Trinajstić information content (AvgIpc) is 2.33. The summed E-state index contributed by atoms with van der Waals surface area (Å²) in [4.78, 5) is 0.716. The van der Waals surface area contributed by atoms with Gasteiger partial charge in [-0.3, -0.25) is 0 Å². The molecule has 0 aliphatic heterocycles. The van der Waals surface area contributed by atoms with Crippen molar-refractivity contribution in [3.63, 3.8) is 0 Å². The molecule has 0 heterocycles. The Balaban J connectivity index is 2.46. The highest BCUT2D eigenvalue weighted by atomic mass is 35.5. The van der Waals surface area contributed by atoms with Crippen LogP contribution in [0.25, 0.3) is 0 Å². The van der Waals surface area contributed by atoms with Crippen LogP contribution in [0.2, 0.25) is 10.0 Å². The Hall–Kier alpha value is -0.890. The second kappa shape index (κ2) is 4.96. The Bertz CT molecular complexity index is 521. The van der Waals surface area contributed by atoms with Crippen LogP contribution >= 0.6 is 35.4 Å². The van der Waals surface area contributed by atoms with Crippen LogP contribution in [0.1, 0.15) is 11.1 Å². The maximum Gasteiger partial charge on any atom is 0.0679 e. The molecule has 0 radical (unpaired) electrons. The molecule has 2 aromatic rings. The van der Waals surface area contributed by atoms with Crippen molar-refractivity contribution in [1.29, 1.82) is 0 Å². The molecule has 0 fully saturated rings. The number of halogens is 2. The Morgan fingerprint density at radius 2 is 1.56 bits per heavy atom. The van der Waals surface area contributed by atoms with Crippen molar-refractivity contribution >= 4 is 40.3 Å². The van der Waals surface area contributed by atoms with Gasteiger partial charge in [0.1, 0.15) is 0 Å².